The fraction of sp³-hybridized carbons (Fsp3) is 0.588. The average molecular weight is 364 g/mol. The molecule has 0 aromatic carbocycles. The van der Waals surface area contributed by atoms with Crippen LogP contribution < -0.4 is 5.32 Å². The molecule has 0 saturated carbocycles. The second-order valence-corrected chi connectivity index (χ2v) is 6.98. The maximum Gasteiger partial charge on any atom is 0.230 e. The Morgan fingerprint density at radius 2 is 2.40 bits per heavy atom. The summed E-state index contributed by atoms with van der Waals surface area (Å²) in [5.41, 5.74) is 0. The molecule has 0 unspecified atom stereocenters. The predicted octanol–water partition coefficient (Wildman–Crippen LogP) is 2.41. The van der Waals surface area contributed by atoms with Crippen LogP contribution in [-0.2, 0) is 29.0 Å². The first-order chi connectivity index (χ1) is 12.3. The molecule has 1 N–H and O–H groups in total. The Labute approximate surface area is 151 Å². The van der Waals surface area contributed by atoms with Crippen LogP contribution in [0.25, 0.3) is 0 Å². The zero-order chi connectivity index (χ0) is 17.5. The van der Waals surface area contributed by atoms with E-state index in [9.17, 15) is 4.79 Å². The van der Waals surface area contributed by atoms with E-state index in [0.717, 1.165) is 55.6 Å². The summed E-state index contributed by atoms with van der Waals surface area (Å²) >= 11 is 1.41. The van der Waals surface area contributed by atoms with Gasteiger partial charge in [-0.25, -0.2) is 0 Å². The van der Waals surface area contributed by atoms with E-state index in [2.05, 4.69) is 27.0 Å². The van der Waals surface area contributed by atoms with Crippen LogP contribution in [0.3, 0.4) is 0 Å². The van der Waals surface area contributed by atoms with Crippen LogP contribution in [0.15, 0.2) is 28.0 Å². The molecule has 0 bridgehead atoms. The number of aryl methyl sites for hydroxylation is 1. The lowest BCUT2D eigenvalue weighted by Crippen LogP contribution is -2.24. The Morgan fingerprint density at radius 3 is 3.12 bits per heavy atom. The fourth-order valence-electron chi connectivity index (χ4n) is 2.79. The Morgan fingerprint density at radius 1 is 1.48 bits per heavy atom. The van der Waals surface area contributed by atoms with Gasteiger partial charge in [0.15, 0.2) is 5.16 Å². The number of nitrogens with one attached hydrogen (secondary N) is 1. The van der Waals surface area contributed by atoms with E-state index in [1.54, 1.807) is 12.3 Å². The lowest BCUT2D eigenvalue weighted by Gasteiger charge is -2.14. The maximum atomic E-state index is 12.0. The number of ether oxygens (including phenoxy) is 1. The van der Waals surface area contributed by atoms with Crippen molar-refractivity contribution in [3.63, 3.8) is 0 Å². The molecule has 25 heavy (non-hydrogen) atoms. The normalized spacial score (nSPS) is 17.1. The van der Waals surface area contributed by atoms with Crippen LogP contribution in [-0.4, -0.2) is 39.1 Å². The molecular formula is C17H24N4O3S. The van der Waals surface area contributed by atoms with E-state index in [0.29, 0.717) is 12.3 Å². The molecule has 136 valence electrons. The molecule has 0 radical (unpaired) electrons. The lowest BCUT2D eigenvalue weighted by molar-refractivity contribution is -0.118. The molecule has 7 nitrogen and oxygen atoms in total. The van der Waals surface area contributed by atoms with E-state index in [1.807, 2.05) is 6.07 Å². The van der Waals surface area contributed by atoms with Crippen molar-refractivity contribution in [2.75, 3.05) is 12.4 Å². The van der Waals surface area contributed by atoms with Gasteiger partial charge < -0.3 is 19.0 Å². The minimum absolute atomic E-state index is 0.0508. The summed E-state index contributed by atoms with van der Waals surface area (Å²) in [7, 11) is 0. The van der Waals surface area contributed by atoms with Crippen LogP contribution in [0.5, 0.6) is 0 Å². The highest BCUT2D eigenvalue weighted by Crippen LogP contribution is 2.21. The lowest BCUT2D eigenvalue weighted by atomic mass is 10.2. The number of amides is 1. The number of thioether (sulfide) groups is 1. The molecule has 1 aliphatic rings. The van der Waals surface area contributed by atoms with E-state index < -0.39 is 0 Å². The minimum atomic E-state index is -0.0508. The number of carbonyl (C=O) groups excluding carboxylic acids is 1. The van der Waals surface area contributed by atoms with Gasteiger partial charge in [0.05, 0.1) is 31.2 Å². The van der Waals surface area contributed by atoms with Gasteiger partial charge in [-0.15, -0.1) is 10.2 Å². The number of hydrogen-bond acceptors (Lipinski definition) is 6. The number of rotatable bonds is 9. The third-order valence-electron chi connectivity index (χ3n) is 4.05. The van der Waals surface area contributed by atoms with E-state index in [1.165, 1.54) is 11.8 Å². The van der Waals surface area contributed by atoms with Crippen LogP contribution >= 0.6 is 11.8 Å². The van der Waals surface area contributed by atoms with E-state index in [4.69, 9.17) is 9.15 Å². The summed E-state index contributed by atoms with van der Waals surface area (Å²) in [6, 6.07) is 3.64. The monoisotopic (exact) mass is 364 g/mol. The highest BCUT2D eigenvalue weighted by molar-refractivity contribution is 7.99. The van der Waals surface area contributed by atoms with Crippen molar-refractivity contribution in [3.8, 4) is 0 Å². The highest BCUT2D eigenvalue weighted by Gasteiger charge is 2.21. The van der Waals surface area contributed by atoms with Crippen molar-refractivity contribution < 1.29 is 13.9 Å². The van der Waals surface area contributed by atoms with Crippen LogP contribution in [0.4, 0.5) is 0 Å². The van der Waals surface area contributed by atoms with E-state index in [-0.39, 0.29) is 12.0 Å². The number of furan rings is 1. The van der Waals surface area contributed by atoms with Gasteiger partial charge in [-0.05, 0) is 31.4 Å². The summed E-state index contributed by atoms with van der Waals surface area (Å²) in [5.74, 6) is 1.96. The van der Waals surface area contributed by atoms with Gasteiger partial charge >= 0.3 is 0 Å². The summed E-state index contributed by atoms with van der Waals surface area (Å²) in [6.07, 6.45) is 5.88. The first-order valence-electron chi connectivity index (χ1n) is 8.71. The zero-order valence-electron chi connectivity index (χ0n) is 14.4. The second kappa shape index (κ2) is 9.05. The summed E-state index contributed by atoms with van der Waals surface area (Å²) in [4.78, 5) is 12.0. The van der Waals surface area contributed by atoms with Gasteiger partial charge in [-0.1, -0.05) is 18.7 Å². The van der Waals surface area contributed by atoms with Gasteiger partial charge in [0.25, 0.3) is 0 Å². The van der Waals surface area contributed by atoms with Gasteiger partial charge in [0, 0.05) is 13.0 Å². The molecule has 0 spiro atoms. The highest BCUT2D eigenvalue weighted by atomic mass is 32.2. The van der Waals surface area contributed by atoms with Crippen LogP contribution in [0.1, 0.15) is 37.8 Å². The average Bonchev–Trinajstić information content (AvgIpc) is 3.35. The SMILES string of the molecule is CCCc1nnc(SCC(=O)NCc2ccco2)n1C[C@@H]1CCCO1. The molecule has 1 saturated heterocycles. The Kier molecular flexibility index (Phi) is 6.52. The summed E-state index contributed by atoms with van der Waals surface area (Å²) in [5, 5.41) is 12.2. The molecule has 1 amide bonds. The summed E-state index contributed by atoms with van der Waals surface area (Å²) in [6.45, 7) is 4.11. The Bertz CT molecular complexity index is 665. The molecular weight excluding hydrogens is 340 g/mol. The smallest absolute Gasteiger partial charge is 0.230 e. The van der Waals surface area contributed by atoms with Crippen LogP contribution in [0.2, 0.25) is 0 Å². The molecule has 3 rings (SSSR count). The predicted molar refractivity (Wildman–Crippen MR) is 94.3 cm³/mol. The molecule has 1 fully saturated rings. The molecule has 0 aliphatic carbocycles. The standard InChI is InChI=1S/C17H24N4O3S/c1-2-5-15-19-20-17(21(15)11-14-7-4-9-24-14)25-12-16(22)18-10-13-6-3-8-23-13/h3,6,8,14H,2,4-5,7,9-12H2,1H3,(H,18,22)/t14-/m0/s1. The molecule has 2 aromatic heterocycles. The topological polar surface area (TPSA) is 82.2 Å². The quantitative estimate of drug-likeness (QED) is 0.688. The molecule has 8 heteroatoms. The zero-order valence-corrected chi connectivity index (χ0v) is 15.3. The number of carbonyl (C=O) groups is 1. The maximum absolute atomic E-state index is 12.0. The van der Waals surface area contributed by atoms with Crippen molar-refractivity contribution in [1.82, 2.24) is 20.1 Å². The van der Waals surface area contributed by atoms with Crippen molar-refractivity contribution in [2.24, 2.45) is 0 Å². The third kappa shape index (κ3) is 5.09. The molecule has 1 atom stereocenters. The first kappa shape index (κ1) is 18.0. The minimum Gasteiger partial charge on any atom is -0.467 e. The second-order valence-electron chi connectivity index (χ2n) is 6.04. The Hall–Kier alpha value is -1.80. The van der Waals surface area contributed by atoms with Crippen molar-refractivity contribution in [2.45, 2.75) is 57.0 Å². The molecule has 1 aliphatic heterocycles. The van der Waals surface area contributed by atoms with Gasteiger partial charge in [0.2, 0.25) is 5.91 Å². The van der Waals surface area contributed by atoms with Crippen molar-refractivity contribution >= 4 is 17.7 Å². The first-order valence-corrected chi connectivity index (χ1v) is 9.70. The summed E-state index contributed by atoms with van der Waals surface area (Å²) < 4.78 is 13.1. The van der Waals surface area contributed by atoms with Gasteiger partial charge in [-0.2, -0.15) is 0 Å². The van der Waals surface area contributed by atoms with Crippen molar-refractivity contribution in [1.29, 1.82) is 0 Å². The van der Waals surface area contributed by atoms with Crippen LogP contribution in [0, 0.1) is 0 Å². The van der Waals surface area contributed by atoms with Crippen molar-refractivity contribution in [3.05, 3.63) is 30.0 Å². The van der Waals surface area contributed by atoms with E-state index >= 15 is 0 Å². The van der Waals surface area contributed by atoms with Gasteiger partial charge in [0.1, 0.15) is 11.6 Å². The fourth-order valence-corrected chi connectivity index (χ4v) is 3.59. The molecule has 2 aromatic rings. The Balaban J connectivity index is 1.55. The number of hydrogen-bond donors (Lipinski definition) is 1. The van der Waals surface area contributed by atoms with Gasteiger partial charge in [-0.3, -0.25) is 4.79 Å². The number of aromatic nitrogens is 3. The molecule has 3 heterocycles. The largest absolute Gasteiger partial charge is 0.467 e. The number of nitrogens with zero attached hydrogens (tertiary/aromatic N) is 3. The third-order valence-corrected chi connectivity index (χ3v) is 5.02.